The van der Waals surface area contributed by atoms with Gasteiger partial charge in [-0.3, -0.25) is 0 Å². The number of hydrogen-bond acceptors (Lipinski definition) is 2. The summed E-state index contributed by atoms with van der Waals surface area (Å²) in [6.45, 7) is 1.11. The lowest BCUT2D eigenvalue weighted by Crippen LogP contribution is -2.12. The third kappa shape index (κ3) is 1.95. The summed E-state index contributed by atoms with van der Waals surface area (Å²) in [7, 11) is 2.14. The molecule has 1 aliphatic heterocycles. The van der Waals surface area contributed by atoms with Gasteiger partial charge in [0, 0.05) is 19.3 Å². The standard InChI is InChI=1S/C15H21NO/c1-16-9-8-12-10-13(6-7-14(12)16)15(17)11-4-2-3-5-11/h6-7,10-11,15,17H,2-5,8-9H2,1H3. The molecule has 2 heteroatoms. The zero-order chi connectivity index (χ0) is 11.8. The van der Waals surface area contributed by atoms with Crippen LogP contribution in [0.15, 0.2) is 18.2 Å². The van der Waals surface area contributed by atoms with E-state index in [0.29, 0.717) is 5.92 Å². The van der Waals surface area contributed by atoms with Crippen LogP contribution in [0, 0.1) is 5.92 Å². The molecule has 1 atom stereocenters. The highest BCUT2D eigenvalue weighted by molar-refractivity contribution is 5.58. The molecule has 3 rings (SSSR count). The van der Waals surface area contributed by atoms with E-state index in [1.54, 1.807) is 0 Å². The Bertz CT molecular complexity index is 409. The lowest BCUT2D eigenvalue weighted by atomic mass is 9.93. The first kappa shape index (κ1) is 11.1. The molecule has 2 nitrogen and oxygen atoms in total. The minimum Gasteiger partial charge on any atom is -0.388 e. The minimum atomic E-state index is -0.242. The van der Waals surface area contributed by atoms with Crippen LogP contribution in [-0.2, 0) is 6.42 Å². The van der Waals surface area contributed by atoms with Gasteiger partial charge < -0.3 is 10.0 Å². The van der Waals surface area contributed by atoms with E-state index in [1.807, 2.05) is 0 Å². The first-order valence-electron chi connectivity index (χ1n) is 6.78. The van der Waals surface area contributed by atoms with Crippen LogP contribution in [0.3, 0.4) is 0 Å². The van der Waals surface area contributed by atoms with E-state index in [0.717, 1.165) is 18.5 Å². The Morgan fingerprint density at radius 2 is 2.06 bits per heavy atom. The van der Waals surface area contributed by atoms with Crippen LogP contribution < -0.4 is 4.90 Å². The van der Waals surface area contributed by atoms with Crippen LogP contribution in [-0.4, -0.2) is 18.7 Å². The van der Waals surface area contributed by atoms with Crippen molar-refractivity contribution >= 4 is 5.69 Å². The maximum atomic E-state index is 10.4. The smallest absolute Gasteiger partial charge is 0.0818 e. The van der Waals surface area contributed by atoms with Gasteiger partial charge in [-0.2, -0.15) is 0 Å². The van der Waals surface area contributed by atoms with Gasteiger partial charge in [-0.15, -0.1) is 0 Å². The molecule has 1 fully saturated rings. The second-order valence-corrected chi connectivity index (χ2v) is 5.55. The van der Waals surface area contributed by atoms with E-state index >= 15 is 0 Å². The molecule has 92 valence electrons. The quantitative estimate of drug-likeness (QED) is 0.846. The Balaban J connectivity index is 1.84. The van der Waals surface area contributed by atoms with Gasteiger partial charge >= 0.3 is 0 Å². The Morgan fingerprint density at radius 3 is 2.82 bits per heavy atom. The highest BCUT2D eigenvalue weighted by Gasteiger charge is 2.25. The molecule has 2 aliphatic rings. The molecule has 0 saturated heterocycles. The van der Waals surface area contributed by atoms with Crippen molar-refractivity contribution in [1.82, 2.24) is 0 Å². The largest absolute Gasteiger partial charge is 0.388 e. The lowest BCUT2D eigenvalue weighted by molar-refractivity contribution is 0.111. The van der Waals surface area contributed by atoms with Crippen molar-refractivity contribution in [3.63, 3.8) is 0 Å². The highest BCUT2D eigenvalue weighted by Crippen LogP contribution is 2.37. The number of nitrogens with zero attached hydrogens (tertiary/aromatic N) is 1. The van der Waals surface area contributed by atoms with E-state index in [1.165, 1.54) is 36.9 Å². The van der Waals surface area contributed by atoms with Crippen molar-refractivity contribution in [2.45, 2.75) is 38.2 Å². The molecule has 1 aromatic carbocycles. The lowest BCUT2D eigenvalue weighted by Gasteiger charge is -2.19. The van der Waals surface area contributed by atoms with Crippen LogP contribution in [0.2, 0.25) is 0 Å². The van der Waals surface area contributed by atoms with E-state index < -0.39 is 0 Å². The number of aliphatic hydroxyl groups is 1. The average molecular weight is 231 g/mol. The van der Waals surface area contributed by atoms with Crippen LogP contribution in [0.25, 0.3) is 0 Å². The molecule has 1 aliphatic carbocycles. The van der Waals surface area contributed by atoms with E-state index in [-0.39, 0.29) is 6.10 Å². The molecule has 0 spiro atoms. The number of benzene rings is 1. The number of likely N-dealkylation sites (N-methyl/N-ethyl adjacent to an activating group) is 1. The summed E-state index contributed by atoms with van der Waals surface area (Å²) < 4.78 is 0. The van der Waals surface area contributed by atoms with Crippen molar-refractivity contribution in [2.24, 2.45) is 5.92 Å². The highest BCUT2D eigenvalue weighted by atomic mass is 16.3. The van der Waals surface area contributed by atoms with Crippen molar-refractivity contribution < 1.29 is 5.11 Å². The Labute approximate surface area is 103 Å². The SMILES string of the molecule is CN1CCc2cc(C(O)C3CCCC3)ccc21. The van der Waals surface area contributed by atoms with E-state index in [2.05, 4.69) is 30.1 Å². The summed E-state index contributed by atoms with van der Waals surface area (Å²) >= 11 is 0. The summed E-state index contributed by atoms with van der Waals surface area (Å²) in [4.78, 5) is 2.29. The third-order valence-corrected chi connectivity index (χ3v) is 4.42. The van der Waals surface area contributed by atoms with Gasteiger partial charge in [0.25, 0.3) is 0 Å². The van der Waals surface area contributed by atoms with Crippen molar-refractivity contribution in [3.8, 4) is 0 Å². The molecule has 1 N–H and O–H groups in total. The first-order chi connectivity index (χ1) is 8.25. The molecule has 0 radical (unpaired) electrons. The third-order valence-electron chi connectivity index (χ3n) is 4.42. The summed E-state index contributed by atoms with van der Waals surface area (Å²) in [6, 6.07) is 6.52. The van der Waals surface area contributed by atoms with Crippen LogP contribution in [0.5, 0.6) is 0 Å². The summed E-state index contributed by atoms with van der Waals surface area (Å²) in [6.07, 6.45) is 5.84. The Kier molecular flexibility index (Phi) is 2.83. The van der Waals surface area contributed by atoms with Gasteiger partial charge in [0.05, 0.1) is 6.10 Å². The molecule has 17 heavy (non-hydrogen) atoms. The molecular formula is C15H21NO. The van der Waals surface area contributed by atoms with Crippen molar-refractivity contribution in [3.05, 3.63) is 29.3 Å². The van der Waals surface area contributed by atoms with Gasteiger partial charge in [-0.05, 0) is 42.4 Å². The monoisotopic (exact) mass is 231 g/mol. The summed E-state index contributed by atoms with van der Waals surface area (Å²) in [5.74, 6) is 0.493. The fourth-order valence-corrected chi connectivity index (χ4v) is 3.32. The second-order valence-electron chi connectivity index (χ2n) is 5.55. The maximum absolute atomic E-state index is 10.4. The molecule has 0 bridgehead atoms. The topological polar surface area (TPSA) is 23.5 Å². The second kappa shape index (κ2) is 4.34. The molecule has 0 amide bonds. The van der Waals surface area contributed by atoms with Gasteiger partial charge in [0.1, 0.15) is 0 Å². The van der Waals surface area contributed by atoms with Crippen LogP contribution >= 0.6 is 0 Å². The number of hydrogen-bond donors (Lipinski definition) is 1. The van der Waals surface area contributed by atoms with Gasteiger partial charge in [-0.1, -0.05) is 25.0 Å². The fraction of sp³-hybridized carbons (Fsp3) is 0.600. The minimum absolute atomic E-state index is 0.242. The predicted octanol–water partition coefficient (Wildman–Crippen LogP) is 2.90. The maximum Gasteiger partial charge on any atom is 0.0818 e. The molecule has 1 unspecified atom stereocenters. The van der Waals surface area contributed by atoms with Gasteiger partial charge in [0.15, 0.2) is 0 Å². The predicted molar refractivity (Wildman–Crippen MR) is 70.3 cm³/mol. The van der Waals surface area contributed by atoms with Crippen molar-refractivity contribution in [2.75, 3.05) is 18.5 Å². The Morgan fingerprint density at radius 1 is 1.29 bits per heavy atom. The van der Waals surface area contributed by atoms with E-state index in [4.69, 9.17) is 0 Å². The molecule has 0 aromatic heterocycles. The zero-order valence-corrected chi connectivity index (χ0v) is 10.5. The Hall–Kier alpha value is -1.02. The van der Waals surface area contributed by atoms with Gasteiger partial charge in [0.2, 0.25) is 0 Å². The molecular weight excluding hydrogens is 210 g/mol. The number of aliphatic hydroxyl groups excluding tert-OH is 1. The normalized spacial score (nSPS) is 21.9. The van der Waals surface area contributed by atoms with Crippen LogP contribution in [0.1, 0.15) is 42.9 Å². The molecule has 1 heterocycles. The van der Waals surface area contributed by atoms with Gasteiger partial charge in [-0.25, -0.2) is 0 Å². The number of anilines is 1. The van der Waals surface area contributed by atoms with Crippen molar-refractivity contribution in [1.29, 1.82) is 0 Å². The molecule has 1 saturated carbocycles. The number of rotatable bonds is 2. The fourth-order valence-electron chi connectivity index (χ4n) is 3.32. The summed E-state index contributed by atoms with van der Waals surface area (Å²) in [5, 5.41) is 10.4. The van der Waals surface area contributed by atoms with Crippen LogP contribution in [0.4, 0.5) is 5.69 Å². The average Bonchev–Trinajstić information content (AvgIpc) is 2.98. The molecule has 1 aromatic rings. The zero-order valence-electron chi connectivity index (χ0n) is 10.5. The number of fused-ring (bicyclic) bond motifs is 1. The van der Waals surface area contributed by atoms with E-state index in [9.17, 15) is 5.11 Å². The first-order valence-corrected chi connectivity index (χ1v) is 6.78. The summed E-state index contributed by atoms with van der Waals surface area (Å²) in [5.41, 5.74) is 3.88.